The summed E-state index contributed by atoms with van der Waals surface area (Å²) in [5, 5.41) is 12.9. The molecule has 1 aliphatic heterocycles. The van der Waals surface area contributed by atoms with Gasteiger partial charge in [-0.25, -0.2) is 0 Å². The van der Waals surface area contributed by atoms with Crippen LogP contribution in [0.2, 0.25) is 0 Å². The normalized spacial score (nSPS) is 17.4. The van der Waals surface area contributed by atoms with Gasteiger partial charge in [0.2, 0.25) is 0 Å². The lowest BCUT2D eigenvalue weighted by Crippen LogP contribution is -2.49. The second-order valence-corrected chi connectivity index (χ2v) is 5.87. The van der Waals surface area contributed by atoms with Crippen LogP contribution in [0.25, 0.3) is 0 Å². The first-order valence-corrected chi connectivity index (χ1v) is 7.80. The number of phenols is 1. The van der Waals surface area contributed by atoms with Gasteiger partial charge in [0.05, 0.1) is 11.1 Å². The van der Waals surface area contributed by atoms with Crippen LogP contribution in [0.3, 0.4) is 0 Å². The molecule has 0 aromatic heterocycles. The summed E-state index contributed by atoms with van der Waals surface area (Å²) in [6, 6.07) is 0.854. The van der Waals surface area contributed by atoms with Crippen LogP contribution in [-0.4, -0.2) is 49.0 Å². The van der Waals surface area contributed by atoms with Gasteiger partial charge < -0.3 is 15.2 Å². The van der Waals surface area contributed by atoms with Crippen molar-refractivity contribution in [1.29, 1.82) is 0 Å². The van der Waals surface area contributed by atoms with E-state index >= 15 is 0 Å². The maximum atomic E-state index is 13.6. The molecule has 1 aromatic carbocycles. The van der Waals surface area contributed by atoms with E-state index in [-0.39, 0.29) is 40.5 Å². The van der Waals surface area contributed by atoms with Gasteiger partial charge in [-0.2, -0.15) is 13.2 Å². The first kappa shape index (κ1) is 20.3. The number of piperazine rings is 1. The molecule has 2 rings (SSSR count). The summed E-state index contributed by atoms with van der Waals surface area (Å²) in [5.74, 6) is -0.136. The van der Waals surface area contributed by atoms with Gasteiger partial charge in [0.25, 0.3) is 0 Å². The largest absolute Gasteiger partial charge is 0.503 e. The molecule has 0 amide bonds. The quantitative estimate of drug-likeness (QED) is 0.784. The molecule has 0 radical (unpaired) electrons. The number of aromatic hydroxyl groups is 1. The minimum absolute atomic E-state index is 0. The van der Waals surface area contributed by atoms with E-state index in [9.17, 15) is 18.3 Å². The summed E-state index contributed by atoms with van der Waals surface area (Å²) in [4.78, 5) is 1.39. The molecule has 1 aliphatic rings. The second kappa shape index (κ2) is 8.41. The van der Waals surface area contributed by atoms with E-state index < -0.39 is 12.2 Å². The van der Waals surface area contributed by atoms with Crippen molar-refractivity contribution < 1.29 is 23.0 Å². The Balaban J connectivity index is 0.00000264. The van der Waals surface area contributed by atoms with E-state index in [1.165, 1.54) is 17.0 Å². The topological polar surface area (TPSA) is 44.7 Å². The molecule has 1 fully saturated rings. The second-order valence-electron chi connectivity index (χ2n) is 5.01. The Morgan fingerprint density at radius 2 is 1.96 bits per heavy atom. The fourth-order valence-corrected chi connectivity index (χ4v) is 3.02. The van der Waals surface area contributed by atoms with Crippen LogP contribution in [0.15, 0.2) is 16.6 Å². The first-order valence-electron chi connectivity index (χ1n) is 7.01. The highest BCUT2D eigenvalue weighted by Gasteiger charge is 2.45. The molecule has 9 heteroatoms. The van der Waals surface area contributed by atoms with Crippen LogP contribution < -0.4 is 10.1 Å². The lowest BCUT2D eigenvalue weighted by Gasteiger charge is -2.36. The van der Waals surface area contributed by atoms with Crippen molar-refractivity contribution in [2.75, 3.05) is 32.8 Å². The van der Waals surface area contributed by atoms with Gasteiger partial charge in [-0.15, -0.1) is 12.4 Å². The number of hydrogen-bond acceptors (Lipinski definition) is 4. The molecule has 132 valence electrons. The molecule has 4 nitrogen and oxygen atoms in total. The molecule has 2 N–H and O–H groups in total. The van der Waals surface area contributed by atoms with Gasteiger partial charge in [-0.3, -0.25) is 4.90 Å². The number of phenolic OH excluding ortho intramolecular Hbond substituents is 1. The van der Waals surface area contributed by atoms with Gasteiger partial charge >= 0.3 is 6.18 Å². The molecule has 0 aliphatic carbocycles. The Labute approximate surface area is 147 Å². The number of hydrogen-bond donors (Lipinski definition) is 2. The fraction of sp³-hybridized carbons (Fsp3) is 0.571. The molecule has 0 bridgehead atoms. The number of ether oxygens (including phenoxy) is 1. The standard InChI is InChI=1S/C14H18BrF3N2O2.ClH/c1-2-22-11-8-9(7-10(15)12(11)21)13(14(16,17)18)20-5-3-19-4-6-20;/h7-8,13,19,21H,2-6H2,1H3;1H/t13-;/m1./s1. The summed E-state index contributed by atoms with van der Waals surface area (Å²) in [6.07, 6.45) is -4.41. The fourth-order valence-electron chi connectivity index (χ4n) is 2.56. The monoisotopic (exact) mass is 418 g/mol. The molecule has 1 saturated heterocycles. The van der Waals surface area contributed by atoms with Crippen molar-refractivity contribution in [3.05, 3.63) is 22.2 Å². The zero-order valence-corrected chi connectivity index (χ0v) is 14.9. The molecule has 23 heavy (non-hydrogen) atoms. The van der Waals surface area contributed by atoms with Gasteiger partial charge in [-0.1, -0.05) is 0 Å². The number of benzene rings is 1. The van der Waals surface area contributed by atoms with Crippen LogP contribution in [0.5, 0.6) is 11.5 Å². The Hall–Kier alpha value is -0.700. The maximum Gasteiger partial charge on any atom is 0.408 e. The Bertz CT molecular complexity index is 525. The summed E-state index contributed by atoms with van der Waals surface area (Å²) in [5.41, 5.74) is 0.0579. The van der Waals surface area contributed by atoms with Crippen LogP contribution in [0.1, 0.15) is 18.5 Å². The minimum atomic E-state index is -4.41. The number of halogens is 5. The lowest BCUT2D eigenvalue weighted by atomic mass is 10.0. The summed E-state index contributed by atoms with van der Waals surface area (Å²) < 4.78 is 46.1. The smallest absolute Gasteiger partial charge is 0.408 e. The first-order chi connectivity index (χ1) is 10.3. The number of nitrogens with zero attached hydrogens (tertiary/aromatic N) is 1. The van der Waals surface area contributed by atoms with Gasteiger partial charge in [-0.05, 0) is 40.5 Å². The molecule has 1 atom stereocenters. The minimum Gasteiger partial charge on any atom is -0.503 e. The molecular weight excluding hydrogens is 401 g/mol. The van der Waals surface area contributed by atoms with Crippen molar-refractivity contribution in [3.8, 4) is 11.5 Å². The Morgan fingerprint density at radius 1 is 1.35 bits per heavy atom. The van der Waals surface area contributed by atoms with Crippen LogP contribution >= 0.6 is 28.3 Å². The molecular formula is C14H19BrClF3N2O2. The third-order valence-electron chi connectivity index (χ3n) is 3.49. The molecule has 0 saturated carbocycles. The predicted octanol–water partition coefficient (Wildman–Crippen LogP) is 3.48. The molecule has 1 aromatic rings. The van der Waals surface area contributed by atoms with Crippen LogP contribution in [-0.2, 0) is 0 Å². The van der Waals surface area contributed by atoms with Crippen LogP contribution in [0, 0.1) is 0 Å². The van der Waals surface area contributed by atoms with Gasteiger partial charge in [0.1, 0.15) is 6.04 Å². The zero-order valence-electron chi connectivity index (χ0n) is 12.5. The third kappa shape index (κ3) is 4.89. The highest BCUT2D eigenvalue weighted by atomic mass is 79.9. The average molecular weight is 420 g/mol. The van der Waals surface area contributed by atoms with Crippen molar-refractivity contribution >= 4 is 28.3 Å². The van der Waals surface area contributed by atoms with E-state index in [4.69, 9.17) is 4.74 Å². The third-order valence-corrected chi connectivity index (χ3v) is 4.10. The maximum absolute atomic E-state index is 13.6. The van der Waals surface area contributed by atoms with Crippen molar-refractivity contribution in [3.63, 3.8) is 0 Å². The predicted molar refractivity (Wildman–Crippen MR) is 87.5 cm³/mol. The Kier molecular flexibility index (Phi) is 7.44. The summed E-state index contributed by atoms with van der Waals surface area (Å²) in [6.45, 7) is 3.62. The average Bonchev–Trinajstić information content (AvgIpc) is 2.44. The van der Waals surface area contributed by atoms with E-state index in [0.29, 0.717) is 26.2 Å². The molecule has 0 spiro atoms. The van der Waals surface area contributed by atoms with Crippen molar-refractivity contribution in [2.24, 2.45) is 0 Å². The highest BCUT2D eigenvalue weighted by molar-refractivity contribution is 9.10. The number of rotatable bonds is 4. The lowest BCUT2D eigenvalue weighted by molar-refractivity contribution is -0.187. The zero-order chi connectivity index (χ0) is 16.3. The SMILES string of the molecule is CCOc1cc([C@@H](N2CCNCC2)C(F)(F)F)cc(Br)c1O.Cl. The summed E-state index contributed by atoms with van der Waals surface area (Å²) in [7, 11) is 0. The van der Waals surface area contributed by atoms with E-state index in [2.05, 4.69) is 21.2 Å². The Morgan fingerprint density at radius 3 is 2.48 bits per heavy atom. The number of nitrogens with one attached hydrogen (secondary N) is 1. The summed E-state index contributed by atoms with van der Waals surface area (Å²) >= 11 is 3.10. The van der Waals surface area contributed by atoms with E-state index in [1.54, 1.807) is 6.92 Å². The molecule has 1 heterocycles. The van der Waals surface area contributed by atoms with Crippen molar-refractivity contribution in [2.45, 2.75) is 19.1 Å². The van der Waals surface area contributed by atoms with Crippen molar-refractivity contribution in [1.82, 2.24) is 10.2 Å². The van der Waals surface area contributed by atoms with Gasteiger partial charge in [0, 0.05) is 26.2 Å². The highest BCUT2D eigenvalue weighted by Crippen LogP contribution is 2.43. The number of alkyl halides is 3. The molecule has 0 unspecified atom stereocenters. The van der Waals surface area contributed by atoms with E-state index in [0.717, 1.165) is 0 Å². The van der Waals surface area contributed by atoms with Gasteiger partial charge in [0.15, 0.2) is 11.5 Å². The van der Waals surface area contributed by atoms with E-state index in [1.807, 2.05) is 0 Å². The van der Waals surface area contributed by atoms with Crippen LogP contribution in [0.4, 0.5) is 13.2 Å².